The first-order valence-electron chi connectivity index (χ1n) is 9.47. The minimum absolute atomic E-state index is 0. The van der Waals surface area contributed by atoms with E-state index in [1.54, 1.807) is 0 Å². The van der Waals surface area contributed by atoms with E-state index in [0.29, 0.717) is 6.54 Å². The van der Waals surface area contributed by atoms with E-state index in [-0.39, 0.29) is 36.3 Å². The zero-order valence-electron chi connectivity index (χ0n) is 15.5. The number of benzene rings is 1. The maximum Gasteiger partial charge on any atom is 0.169 e. The van der Waals surface area contributed by atoms with Crippen molar-refractivity contribution >= 4 is 18.2 Å². The Bertz CT molecular complexity index is 777. The Morgan fingerprint density at radius 2 is 2.00 bits per heavy atom. The van der Waals surface area contributed by atoms with Crippen molar-refractivity contribution in [3.63, 3.8) is 0 Å². The fourth-order valence-electron chi connectivity index (χ4n) is 4.19. The number of halogens is 1. The number of aliphatic hydroxyl groups is 1. The molecule has 0 bridgehead atoms. The number of para-hydroxylation sites is 1. The summed E-state index contributed by atoms with van der Waals surface area (Å²) in [6.45, 7) is 2.60. The Morgan fingerprint density at radius 1 is 1.22 bits per heavy atom. The van der Waals surface area contributed by atoms with Crippen LogP contribution in [0.1, 0.15) is 41.0 Å². The van der Waals surface area contributed by atoms with E-state index in [2.05, 4.69) is 10.3 Å². The Kier molecular flexibility index (Phi) is 6.25. The molecule has 1 aromatic heterocycles. The summed E-state index contributed by atoms with van der Waals surface area (Å²) in [4.78, 5) is 16.0. The monoisotopic (exact) mass is 390 g/mol. The number of aliphatic hydroxyl groups excluding tert-OH is 1. The van der Waals surface area contributed by atoms with Crippen LogP contribution in [0.3, 0.4) is 0 Å². The van der Waals surface area contributed by atoms with Gasteiger partial charge >= 0.3 is 0 Å². The zero-order chi connectivity index (χ0) is 18.1. The van der Waals surface area contributed by atoms with Gasteiger partial charge in [0.1, 0.15) is 18.0 Å². The number of aryl methyl sites for hydroxylation is 2. The van der Waals surface area contributed by atoms with Gasteiger partial charge in [-0.3, -0.25) is 4.79 Å². The number of hydrogen-bond acceptors (Lipinski definition) is 4. The maximum absolute atomic E-state index is 12.7. The second-order valence-corrected chi connectivity index (χ2v) is 7.50. The van der Waals surface area contributed by atoms with Crippen LogP contribution in [0.15, 0.2) is 36.4 Å². The van der Waals surface area contributed by atoms with Gasteiger partial charge in [-0.2, -0.15) is 0 Å². The highest BCUT2D eigenvalue weighted by Crippen LogP contribution is 2.28. The predicted octanol–water partition coefficient (Wildman–Crippen LogP) is 3.05. The van der Waals surface area contributed by atoms with Crippen LogP contribution in [0.25, 0.3) is 0 Å². The van der Waals surface area contributed by atoms with Crippen LogP contribution in [0.4, 0.5) is 0 Å². The molecule has 27 heavy (non-hydrogen) atoms. The van der Waals surface area contributed by atoms with E-state index in [9.17, 15) is 9.90 Å². The van der Waals surface area contributed by atoms with Gasteiger partial charge in [0, 0.05) is 35.5 Å². The largest absolute Gasteiger partial charge is 0.488 e. The van der Waals surface area contributed by atoms with Crippen molar-refractivity contribution in [2.75, 3.05) is 6.54 Å². The third-order valence-corrected chi connectivity index (χ3v) is 5.63. The molecule has 0 spiro atoms. The SMILES string of the molecule is Cc1cc2c([nH]1)CCC(CN[C@@H]1CC[C@@H](Oc3ccccc3)[C@@H]1O)C2=O.Cl. The highest BCUT2D eigenvalue weighted by Gasteiger charge is 2.37. The number of ketones is 1. The highest BCUT2D eigenvalue weighted by molar-refractivity contribution is 6.00. The van der Waals surface area contributed by atoms with Gasteiger partial charge in [0.2, 0.25) is 0 Å². The number of aromatic nitrogens is 1. The number of nitrogens with one attached hydrogen (secondary N) is 2. The fraction of sp³-hybridized carbons (Fsp3) is 0.476. The van der Waals surface area contributed by atoms with Crippen molar-refractivity contribution in [3.8, 4) is 5.75 Å². The summed E-state index contributed by atoms with van der Waals surface area (Å²) in [5, 5.41) is 14.0. The normalized spacial score (nSPS) is 27.1. The molecule has 0 radical (unpaired) electrons. The fourth-order valence-corrected chi connectivity index (χ4v) is 4.19. The van der Waals surface area contributed by atoms with Crippen LogP contribution in [-0.2, 0) is 6.42 Å². The highest BCUT2D eigenvalue weighted by atomic mass is 35.5. The van der Waals surface area contributed by atoms with Gasteiger partial charge in [0.25, 0.3) is 0 Å². The Labute approximate surface area is 165 Å². The average Bonchev–Trinajstić information content (AvgIpc) is 3.19. The zero-order valence-corrected chi connectivity index (χ0v) is 16.3. The van der Waals surface area contributed by atoms with E-state index in [1.165, 1.54) is 0 Å². The van der Waals surface area contributed by atoms with Gasteiger partial charge < -0.3 is 20.1 Å². The van der Waals surface area contributed by atoms with Gasteiger partial charge in [0.15, 0.2) is 5.78 Å². The van der Waals surface area contributed by atoms with E-state index in [0.717, 1.165) is 48.4 Å². The van der Waals surface area contributed by atoms with Crippen molar-refractivity contribution in [3.05, 3.63) is 53.3 Å². The molecule has 2 aliphatic rings. The number of Topliss-reactive ketones (excluding diaryl/α,β-unsaturated/α-hetero) is 1. The van der Waals surface area contributed by atoms with E-state index in [1.807, 2.05) is 43.3 Å². The topological polar surface area (TPSA) is 74.3 Å². The number of aromatic amines is 1. The molecule has 1 aromatic carbocycles. The van der Waals surface area contributed by atoms with Crippen molar-refractivity contribution in [2.24, 2.45) is 5.92 Å². The summed E-state index contributed by atoms with van der Waals surface area (Å²) in [6.07, 6.45) is 2.68. The molecule has 3 N–H and O–H groups in total. The first kappa shape index (κ1) is 19.9. The third-order valence-electron chi connectivity index (χ3n) is 5.63. The second-order valence-electron chi connectivity index (χ2n) is 7.50. The molecule has 0 saturated heterocycles. The molecule has 2 aliphatic carbocycles. The van der Waals surface area contributed by atoms with Crippen molar-refractivity contribution in [1.29, 1.82) is 0 Å². The molecule has 0 aliphatic heterocycles. The van der Waals surface area contributed by atoms with E-state index >= 15 is 0 Å². The number of carbonyl (C=O) groups is 1. The molecule has 6 heteroatoms. The number of carbonyl (C=O) groups excluding carboxylic acids is 1. The standard InChI is InChI=1S/C21H26N2O3.ClH/c1-13-11-16-17(23-13)8-7-14(20(16)24)12-22-18-9-10-19(21(18)25)26-15-5-3-2-4-6-15;/h2-6,11,14,18-19,21-23,25H,7-10,12H2,1H3;1H/t14?,18-,19-,21-;/m1./s1. The van der Waals surface area contributed by atoms with Crippen LogP contribution in [-0.4, -0.2) is 40.7 Å². The lowest BCUT2D eigenvalue weighted by molar-refractivity contribution is 0.0441. The average molecular weight is 391 g/mol. The molecule has 1 fully saturated rings. The van der Waals surface area contributed by atoms with Crippen LogP contribution < -0.4 is 10.1 Å². The summed E-state index contributed by atoms with van der Waals surface area (Å²) < 4.78 is 5.92. The molecule has 1 heterocycles. The van der Waals surface area contributed by atoms with E-state index < -0.39 is 6.10 Å². The third kappa shape index (κ3) is 4.21. The first-order valence-corrected chi connectivity index (χ1v) is 9.47. The molecular formula is C21H27ClN2O3. The van der Waals surface area contributed by atoms with Crippen LogP contribution in [0.2, 0.25) is 0 Å². The van der Waals surface area contributed by atoms with Crippen LogP contribution in [0.5, 0.6) is 5.75 Å². The lowest BCUT2D eigenvalue weighted by Gasteiger charge is -2.25. The lowest BCUT2D eigenvalue weighted by atomic mass is 9.86. The Morgan fingerprint density at radius 3 is 2.78 bits per heavy atom. The van der Waals surface area contributed by atoms with Crippen molar-refractivity contribution in [1.82, 2.24) is 10.3 Å². The molecule has 1 saturated carbocycles. The van der Waals surface area contributed by atoms with Crippen LogP contribution in [0, 0.1) is 12.8 Å². The summed E-state index contributed by atoms with van der Waals surface area (Å²) in [7, 11) is 0. The molecular weight excluding hydrogens is 364 g/mol. The smallest absolute Gasteiger partial charge is 0.169 e. The number of rotatable bonds is 5. The number of ether oxygens (including phenoxy) is 1. The maximum atomic E-state index is 12.7. The molecule has 1 unspecified atom stereocenters. The lowest BCUT2D eigenvalue weighted by Crippen LogP contribution is -2.44. The van der Waals surface area contributed by atoms with Gasteiger partial charge in [-0.1, -0.05) is 18.2 Å². The van der Waals surface area contributed by atoms with Crippen molar-refractivity contribution < 1.29 is 14.6 Å². The van der Waals surface area contributed by atoms with E-state index in [4.69, 9.17) is 4.74 Å². The van der Waals surface area contributed by atoms with Gasteiger partial charge in [-0.05, 0) is 50.8 Å². The molecule has 146 valence electrons. The number of H-pyrrole nitrogens is 1. The first-order chi connectivity index (χ1) is 12.6. The summed E-state index contributed by atoms with van der Waals surface area (Å²) >= 11 is 0. The second kappa shape index (κ2) is 8.46. The minimum atomic E-state index is -0.557. The number of hydrogen-bond donors (Lipinski definition) is 3. The minimum Gasteiger partial charge on any atom is -0.488 e. The molecule has 4 atom stereocenters. The summed E-state index contributed by atoms with van der Waals surface area (Å²) in [6, 6.07) is 11.6. The van der Waals surface area contributed by atoms with Crippen molar-refractivity contribution in [2.45, 2.75) is 50.9 Å². The molecule has 4 rings (SSSR count). The van der Waals surface area contributed by atoms with Gasteiger partial charge in [-0.15, -0.1) is 12.4 Å². The number of fused-ring (bicyclic) bond motifs is 1. The van der Waals surface area contributed by atoms with Gasteiger partial charge in [0.05, 0.1) is 0 Å². The summed E-state index contributed by atoms with van der Waals surface area (Å²) in [5.41, 5.74) is 2.96. The molecule has 2 aromatic rings. The van der Waals surface area contributed by atoms with Crippen LogP contribution >= 0.6 is 12.4 Å². The predicted molar refractivity (Wildman–Crippen MR) is 107 cm³/mol. The Hall–Kier alpha value is -1.82. The molecule has 0 amide bonds. The summed E-state index contributed by atoms with van der Waals surface area (Å²) in [5.74, 6) is 0.988. The van der Waals surface area contributed by atoms with Gasteiger partial charge in [-0.25, -0.2) is 0 Å². The Balaban J connectivity index is 0.00000210. The quantitative estimate of drug-likeness (QED) is 0.733. The molecule has 5 nitrogen and oxygen atoms in total.